The molecule has 0 aliphatic carbocycles. The first-order valence-electron chi connectivity index (χ1n) is 10.3. The molecule has 1 aromatic heterocycles. The van der Waals surface area contributed by atoms with Gasteiger partial charge in [0.05, 0.1) is 31.0 Å². The molecule has 0 saturated carbocycles. The zero-order valence-corrected chi connectivity index (χ0v) is 17.5. The van der Waals surface area contributed by atoms with Crippen LogP contribution in [0, 0.1) is 0 Å². The third-order valence-electron chi connectivity index (χ3n) is 5.34. The van der Waals surface area contributed by atoms with E-state index in [-0.39, 0.29) is 11.4 Å². The number of carbonyl (C=O) groups excluding carboxylic acids is 1. The molecule has 0 atom stereocenters. The first kappa shape index (κ1) is 20.1. The van der Waals surface area contributed by atoms with E-state index in [0.29, 0.717) is 26.3 Å². The largest absolute Gasteiger partial charge is 0.377 e. The van der Waals surface area contributed by atoms with Gasteiger partial charge >= 0.3 is 0 Å². The second-order valence-corrected chi connectivity index (χ2v) is 8.17. The highest BCUT2D eigenvalue weighted by Crippen LogP contribution is 2.24. The van der Waals surface area contributed by atoms with Crippen molar-refractivity contribution < 1.29 is 9.53 Å². The molecule has 1 saturated heterocycles. The van der Waals surface area contributed by atoms with Gasteiger partial charge in [0.2, 0.25) is 5.91 Å². The Morgan fingerprint density at radius 3 is 2.50 bits per heavy atom. The van der Waals surface area contributed by atoms with Crippen LogP contribution in [0.1, 0.15) is 25.0 Å². The zero-order valence-electron chi connectivity index (χ0n) is 17.5. The first-order chi connectivity index (χ1) is 14.5. The molecular formula is C25H27N3O2. The van der Waals surface area contributed by atoms with Gasteiger partial charge < -0.3 is 9.64 Å². The SMILES string of the molecule is CC1(C)COCCN1C(=O)/C=C/c1cn(Cc2ccccc2)nc1-c1ccccc1. The number of ether oxygens (including phenoxy) is 1. The van der Waals surface area contributed by atoms with Gasteiger partial charge in [-0.3, -0.25) is 9.48 Å². The van der Waals surface area contributed by atoms with Crippen LogP contribution in [0.25, 0.3) is 17.3 Å². The van der Waals surface area contributed by atoms with Crippen molar-refractivity contribution in [3.8, 4) is 11.3 Å². The van der Waals surface area contributed by atoms with Crippen molar-refractivity contribution in [2.45, 2.75) is 25.9 Å². The summed E-state index contributed by atoms with van der Waals surface area (Å²) in [5, 5.41) is 4.82. The molecule has 1 aliphatic rings. The summed E-state index contributed by atoms with van der Waals surface area (Å²) in [6, 6.07) is 20.3. The van der Waals surface area contributed by atoms with Crippen LogP contribution < -0.4 is 0 Å². The van der Waals surface area contributed by atoms with Crippen molar-refractivity contribution in [3.63, 3.8) is 0 Å². The number of nitrogens with zero attached hydrogens (tertiary/aromatic N) is 3. The predicted octanol–water partition coefficient (Wildman–Crippen LogP) is 4.25. The summed E-state index contributed by atoms with van der Waals surface area (Å²) in [5.74, 6) is -0.00174. The number of rotatable bonds is 5. The minimum Gasteiger partial charge on any atom is -0.377 e. The summed E-state index contributed by atoms with van der Waals surface area (Å²) >= 11 is 0. The molecule has 1 aliphatic heterocycles. The van der Waals surface area contributed by atoms with Gasteiger partial charge in [0.1, 0.15) is 0 Å². The Morgan fingerprint density at radius 2 is 1.80 bits per heavy atom. The lowest BCUT2D eigenvalue weighted by molar-refractivity contribution is -0.140. The summed E-state index contributed by atoms with van der Waals surface area (Å²) in [6.45, 7) is 6.48. The van der Waals surface area contributed by atoms with Gasteiger partial charge in [0, 0.05) is 29.9 Å². The number of aromatic nitrogens is 2. The molecule has 0 N–H and O–H groups in total. The van der Waals surface area contributed by atoms with Crippen LogP contribution in [0.3, 0.4) is 0 Å². The van der Waals surface area contributed by atoms with Crippen molar-refractivity contribution in [1.29, 1.82) is 0 Å². The van der Waals surface area contributed by atoms with Gasteiger partial charge in [0.25, 0.3) is 0 Å². The van der Waals surface area contributed by atoms with E-state index in [1.807, 2.05) is 84.2 Å². The van der Waals surface area contributed by atoms with Crippen LogP contribution in [-0.2, 0) is 16.1 Å². The molecule has 4 rings (SSSR count). The van der Waals surface area contributed by atoms with Crippen LogP contribution in [0.2, 0.25) is 0 Å². The van der Waals surface area contributed by atoms with E-state index >= 15 is 0 Å². The minimum atomic E-state index is -0.306. The molecule has 2 heterocycles. The molecule has 1 fully saturated rings. The Kier molecular flexibility index (Phi) is 5.81. The Balaban J connectivity index is 1.62. The van der Waals surface area contributed by atoms with Gasteiger partial charge in [0.15, 0.2) is 0 Å². The molecule has 3 aromatic rings. The molecule has 0 radical (unpaired) electrons. The van der Waals surface area contributed by atoms with Crippen LogP contribution in [0.15, 0.2) is 72.9 Å². The van der Waals surface area contributed by atoms with E-state index in [2.05, 4.69) is 12.1 Å². The van der Waals surface area contributed by atoms with Crippen molar-refractivity contribution in [1.82, 2.24) is 14.7 Å². The fourth-order valence-electron chi connectivity index (χ4n) is 3.75. The number of amides is 1. The molecule has 30 heavy (non-hydrogen) atoms. The summed E-state index contributed by atoms with van der Waals surface area (Å²) < 4.78 is 7.46. The van der Waals surface area contributed by atoms with Crippen molar-refractivity contribution >= 4 is 12.0 Å². The van der Waals surface area contributed by atoms with Crippen LogP contribution >= 0.6 is 0 Å². The smallest absolute Gasteiger partial charge is 0.247 e. The number of hydrogen-bond donors (Lipinski definition) is 0. The average Bonchev–Trinajstić information content (AvgIpc) is 3.15. The van der Waals surface area contributed by atoms with E-state index in [1.165, 1.54) is 5.56 Å². The Labute approximate surface area is 177 Å². The van der Waals surface area contributed by atoms with Gasteiger partial charge in [-0.15, -0.1) is 0 Å². The molecule has 154 valence electrons. The number of carbonyl (C=O) groups is 1. The Morgan fingerprint density at radius 1 is 1.10 bits per heavy atom. The average molecular weight is 402 g/mol. The van der Waals surface area contributed by atoms with E-state index in [4.69, 9.17) is 9.84 Å². The summed E-state index contributed by atoms with van der Waals surface area (Å²) in [6.07, 6.45) is 5.54. The van der Waals surface area contributed by atoms with E-state index < -0.39 is 0 Å². The van der Waals surface area contributed by atoms with E-state index in [0.717, 1.165) is 16.8 Å². The summed E-state index contributed by atoms with van der Waals surface area (Å²) in [5.41, 5.74) is 3.71. The summed E-state index contributed by atoms with van der Waals surface area (Å²) in [4.78, 5) is 14.8. The van der Waals surface area contributed by atoms with Crippen molar-refractivity contribution in [2.24, 2.45) is 0 Å². The quantitative estimate of drug-likeness (QED) is 0.601. The topological polar surface area (TPSA) is 47.4 Å². The number of hydrogen-bond acceptors (Lipinski definition) is 3. The lowest BCUT2D eigenvalue weighted by Gasteiger charge is -2.41. The minimum absolute atomic E-state index is 0.00174. The third kappa shape index (κ3) is 4.52. The first-order valence-corrected chi connectivity index (χ1v) is 10.3. The van der Waals surface area contributed by atoms with E-state index in [9.17, 15) is 4.79 Å². The Hall–Kier alpha value is -3.18. The lowest BCUT2D eigenvalue weighted by atomic mass is 10.0. The molecule has 2 aromatic carbocycles. The maximum absolute atomic E-state index is 12.9. The molecule has 0 spiro atoms. The molecular weight excluding hydrogens is 374 g/mol. The third-order valence-corrected chi connectivity index (χ3v) is 5.34. The van der Waals surface area contributed by atoms with Crippen LogP contribution in [0.4, 0.5) is 0 Å². The molecule has 5 heteroatoms. The molecule has 1 amide bonds. The molecule has 0 bridgehead atoms. The monoisotopic (exact) mass is 401 g/mol. The zero-order chi connectivity index (χ0) is 21.0. The standard InChI is InChI=1S/C25H27N3O2/c1-25(2)19-30-16-15-28(25)23(29)14-13-22-18-27(17-20-9-5-3-6-10-20)26-24(22)21-11-7-4-8-12-21/h3-14,18H,15-17,19H2,1-2H3/b14-13+. The van der Waals surface area contributed by atoms with Crippen LogP contribution in [0.5, 0.6) is 0 Å². The van der Waals surface area contributed by atoms with Crippen molar-refractivity contribution in [2.75, 3.05) is 19.8 Å². The normalized spacial score (nSPS) is 16.1. The number of benzene rings is 2. The van der Waals surface area contributed by atoms with Crippen LogP contribution in [-0.4, -0.2) is 45.9 Å². The molecule has 5 nitrogen and oxygen atoms in total. The van der Waals surface area contributed by atoms with Gasteiger partial charge in [-0.05, 0) is 25.5 Å². The fraction of sp³-hybridized carbons (Fsp3) is 0.280. The second-order valence-electron chi connectivity index (χ2n) is 8.17. The molecule has 0 unspecified atom stereocenters. The van der Waals surface area contributed by atoms with Gasteiger partial charge in [-0.25, -0.2) is 0 Å². The Bertz CT molecular complexity index is 1020. The fourth-order valence-corrected chi connectivity index (χ4v) is 3.75. The maximum Gasteiger partial charge on any atom is 0.247 e. The van der Waals surface area contributed by atoms with Gasteiger partial charge in [-0.1, -0.05) is 60.7 Å². The van der Waals surface area contributed by atoms with Gasteiger partial charge in [-0.2, -0.15) is 5.10 Å². The lowest BCUT2D eigenvalue weighted by Crippen LogP contribution is -2.55. The van der Waals surface area contributed by atoms with E-state index in [1.54, 1.807) is 6.08 Å². The summed E-state index contributed by atoms with van der Waals surface area (Å²) in [7, 11) is 0. The maximum atomic E-state index is 12.9. The van der Waals surface area contributed by atoms with Crippen molar-refractivity contribution in [3.05, 3.63) is 84.1 Å². The predicted molar refractivity (Wildman–Crippen MR) is 119 cm³/mol. The number of morpholine rings is 1. The highest BCUT2D eigenvalue weighted by atomic mass is 16.5. The highest BCUT2D eigenvalue weighted by molar-refractivity contribution is 5.93. The highest BCUT2D eigenvalue weighted by Gasteiger charge is 2.32. The second kappa shape index (κ2) is 8.67.